The van der Waals surface area contributed by atoms with E-state index < -0.39 is 0 Å². The van der Waals surface area contributed by atoms with Crippen molar-refractivity contribution in [1.82, 2.24) is 9.80 Å². The van der Waals surface area contributed by atoms with Crippen molar-refractivity contribution in [3.05, 3.63) is 35.6 Å². The van der Waals surface area contributed by atoms with Gasteiger partial charge in [0.05, 0.1) is 11.0 Å². The molecule has 1 saturated heterocycles. The summed E-state index contributed by atoms with van der Waals surface area (Å²) < 4.78 is 12.9. The zero-order chi connectivity index (χ0) is 14.5. The highest BCUT2D eigenvalue weighted by Crippen LogP contribution is 2.13. The molecule has 1 atom stereocenters. The maximum Gasteiger partial charge on any atom is 0.123 e. The molecule has 1 aliphatic heterocycles. The van der Waals surface area contributed by atoms with Crippen LogP contribution in [0.15, 0.2) is 24.3 Å². The fraction of sp³-hybridized carbons (Fsp3) is 0.533. The third-order valence-electron chi connectivity index (χ3n) is 3.88. The summed E-state index contributed by atoms with van der Waals surface area (Å²) in [7, 11) is 0. The molecule has 0 spiro atoms. The molecule has 20 heavy (non-hydrogen) atoms. The highest BCUT2D eigenvalue weighted by molar-refractivity contribution is 7.80. The van der Waals surface area contributed by atoms with Crippen LogP contribution in [0.5, 0.6) is 0 Å². The zero-order valence-corrected chi connectivity index (χ0v) is 12.7. The summed E-state index contributed by atoms with van der Waals surface area (Å²) in [6.45, 7) is 6.95. The maximum atomic E-state index is 12.9. The monoisotopic (exact) mass is 295 g/mol. The van der Waals surface area contributed by atoms with Crippen LogP contribution in [0.4, 0.5) is 4.39 Å². The van der Waals surface area contributed by atoms with Gasteiger partial charge >= 0.3 is 0 Å². The predicted molar refractivity (Wildman–Crippen MR) is 84.1 cm³/mol. The summed E-state index contributed by atoms with van der Waals surface area (Å²) >= 11 is 5.13. The number of hydrogen-bond acceptors (Lipinski definition) is 3. The number of nitrogens with zero attached hydrogens (tertiary/aromatic N) is 2. The lowest BCUT2D eigenvalue weighted by molar-refractivity contribution is 0.112. The molecule has 1 aromatic carbocycles. The molecule has 2 N–H and O–H groups in total. The topological polar surface area (TPSA) is 32.5 Å². The van der Waals surface area contributed by atoms with Crippen LogP contribution < -0.4 is 5.73 Å². The Bertz CT molecular complexity index is 441. The van der Waals surface area contributed by atoms with Crippen LogP contribution in [0.1, 0.15) is 18.9 Å². The average molecular weight is 295 g/mol. The van der Waals surface area contributed by atoms with Gasteiger partial charge in [-0.15, -0.1) is 0 Å². The second-order valence-electron chi connectivity index (χ2n) is 5.26. The van der Waals surface area contributed by atoms with Crippen LogP contribution in [0, 0.1) is 5.82 Å². The van der Waals surface area contributed by atoms with Crippen LogP contribution in [0.3, 0.4) is 0 Å². The van der Waals surface area contributed by atoms with Crippen molar-refractivity contribution in [2.75, 3.05) is 26.2 Å². The molecule has 1 aliphatic rings. The fourth-order valence-corrected chi connectivity index (χ4v) is 3.04. The highest BCUT2D eigenvalue weighted by atomic mass is 32.1. The normalized spacial score (nSPS) is 18.9. The molecular formula is C15H22FN3S. The van der Waals surface area contributed by atoms with E-state index in [9.17, 15) is 4.39 Å². The fourth-order valence-electron chi connectivity index (χ4n) is 2.72. The van der Waals surface area contributed by atoms with Crippen LogP contribution >= 0.6 is 12.2 Å². The molecule has 1 fully saturated rings. The van der Waals surface area contributed by atoms with Gasteiger partial charge in [-0.25, -0.2) is 4.39 Å². The summed E-state index contributed by atoms with van der Waals surface area (Å²) in [6.07, 6.45) is 0.966. The number of rotatable bonds is 5. The van der Waals surface area contributed by atoms with Gasteiger partial charge in [-0.2, -0.15) is 0 Å². The molecule has 0 amide bonds. The molecule has 0 bridgehead atoms. The molecule has 0 radical (unpaired) electrons. The van der Waals surface area contributed by atoms with Crippen LogP contribution in [0.2, 0.25) is 0 Å². The van der Waals surface area contributed by atoms with E-state index in [4.69, 9.17) is 18.0 Å². The van der Waals surface area contributed by atoms with E-state index in [0.717, 1.165) is 44.7 Å². The first-order chi connectivity index (χ1) is 9.60. The van der Waals surface area contributed by atoms with Crippen molar-refractivity contribution in [1.29, 1.82) is 0 Å². The van der Waals surface area contributed by atoms with Crippen molar-refractivity contribution in [2.45, 2.75) is 25.9 Å². The zero-order valence-electron chi connectivity index (χ0n) is 11.9. The van der Waals surface area contributed by atoms with Crippen molar-refractivity contribution in [3.63, 3.8) is 0 Å². The predicted octanol–water partition coefficient (Wildman–Crippen LogP) is 2.01. The third kappa shape index (κ3) is 3.98. The highest BCUT2D eigenvalue weighted by Gasteiger charge is 2.24. The van der Waals surface area contributed by atoms with Crippen molar-refractivity contribution in [2.24, 2.45) is 5.73 Å². The summed E-state index contributed by atoms with van der Waals surface area (Å²) in [5.41, 5.74) is 6.95. The van der Waals surface area contributed by atoms with Crippen molar-refractivity contribution < 1.29 is 4.39 Å². The number of piperazine rings is 1. The van der Waals surface area contributed by atoms with Gasteiger partial charge < -0.3 is 5.73 Å². The molecule has 0 aliphatic carbocycles. The Morgan fingerprint density at radius 2 is 1.85 bits per heavy atom. The lowest BCUT2D eigenvalue weighted by atomic mass is 10.1. The number of thiocarbonyl (C=S) groups is 1. The SMILES string of the molecule is CCC(C(N)=S)N1CCN(Cc2ccc(F)cc2)CC1. The maximum absolute atomic E-state index is 12.9. The first-order valence-electron chi connectivity index (χ1n) is 7.10. The van der Waals surface area contributed by atoms with Gasteiger partial charge in [0, 0.05) is 32.7 Å². The molecule has 3 nitrogen and oxygen atoms in total. The second kappa shape index (κ2) is 7.11. The van der Waals surface area contributed by atoms with Gasteiger partial charge in [0.25, 0.3) is 0 Å². The van der Waals surface area contributed by atoms with Gasteiger partial charge in [0.2, 0.25) is 0 Å². The second-order valence-corrected chi connectivity index (χ2v) is 5.74. The first kappa shape index (κ1) is 15.4. The van der Waals surface area contributed by atoms with Gasteiger partial charge in [0.15, 0.2) is 0 Å². The Hall–Kier alpha value is -1.04. The van der Waals surface area contributed by atoms with Gasteiger partial charge in [0.1, 0.15) is 5.82 Å². The minimum absolute atomic E-state index is 0.180. The van der Waals surface area contributed by atoms with E-state index in [0.29, 0.717) is 4.99 Å². The van der Waals surface area contributed by atoms with E-state index in [-0.39, 0.29) is 11.9 Å². The van der Waals surface area contributed by atoms with Crippen LogP contribution in [0.25, 0.3) is 0 Å². The van der Waals surface area contributed by atoms with E-state index in [2.05, 4.69) is 16.7 Å². The quantitative estimate of drug-likeness (QED) is 0.842. The molecular weight excluding hydrogens is 273 g/mol. The van der Waals surface area contributed by atoms with Crippen molar-refractivity contribution in [3.8, 4) is 0 Å². The molecule has 0 saturated carbocycles. The van der Waals surface area contributed by atoms with Crippen LogP contribution in [-0.4, -0.2) is 47.0 Å². The Morgan fingerprint density at radius 1 is 1.25 bits per heavy atom. The Labute approximate surface area is 125 Å². The van der Waals surface area contributed by atoms with Gasteiger partial charge in [-0.3, -0.25) is 9.80 Å². The number of nitrogens with two attached hydrogens (primary N) is 1. The largest absolute Gasteiger partial charge is 0.392 e. The van der Waals surface area contributed by atoms with Gasteiger partial charge in [-0.1, -0.05) is 31.3 Å². The van der Waals surface area contributed by atoms with E-state index in [1.165, 1.54) is 12.1 Å². The molecule has 2 rings (SSSR count). The molecule has 1 unspecified atom stereocenters. The molecule has 1 aromatic rings. The van der Waals surface area contributed by atoms with Gasteiger partial charge in [-0.05, 0) is 24.1 Å². The van der Waals surface area contributed by atoms with Crippen LogP contribution in [-0.2, 0) is 6.54 Å². The first-order valence-corrected chi connectivity index (χ1v) is 7.51. The lowest BCUT2D eigenvalue weighted by Gasteiger charge is -2.38. The number of hydrogen-bond donors (Lipinski definition) is 1. The third-order valence-corrected chi connectivity index (χ3v) is 4.15. The minimum Gasteiger partial charge on any atom is -0.392 e. The molecule has 5 heteroatoms. The van der Waals surface area contributed by atoms with Crippen molar-refractivity contribution >= 4 is 17.2 Å². The summed E-state index contributed by atoms with van der Waals surface area (Å²) in [5, 5.41) is 0. The summed E-state index contributed by atoms with van der Waals surface area (Å²) in [6, 6.07) is 6.96. The lowest BCUT2D eigenvalue weighted by Crippen LogP contribution is -2.53. The Balaban J connectivity index is 1.85. The Morgan fingerprint density at radius 3 is 2.35 bits per heavy atom. The van der Waals surface area contributed by atoms with E-state index in [1.54, 1.807) is 0 Å². The Kier molecular flexibility index (Phi) is 5.46. The molecule has 1 heterocycles. The smallest absolute Gasteiger partial charge is 0.123 e. The standard InChI is InChI=1S/C15H22FN3S/c1-2-14(15(17)20)19-9-7-18(8-10-19)11-12-3-5-13(16)6-4-12/h3-6,14H,2,7-11H2,1H3,(H2,17,20). The number of halogens is 1. The molecule has 0 aromatic heterocycles. The minimum atomic E-state index is -0.180. The average Bonchev–Trinajstić information content (AvgIpc) is 2.44. The summed E-state index contributed by atoms with van der Waals surface area (Å²) in [4.78, 5) is 5.35. The van der Waals surface area contributed by atoms with E-state index in [1.807, 2.05) is 12.1 Å². The van der Waals surface area contributed by atoms with E-state index >= 15 is 0 Å². The number of benzene rings is 1. The summed E-state index contributed by atoms with van der Waals surface area (Å²) in [5.74, 6) is -0.180. The molecule has 110 valence electrons.